The summed E-state index contributed by atoms with van der Waals surface area (Å²) in [6.07, 6.45) is -2.11. The van der Waals surface area contributed by atoms with Crippen LogP contribution in [0.1, 0.15) is 46.8 Å². The fourth-order valence-electron chi connectivity index (χ4n) is 5.03. The van der Waals surface area contributed by atoms with Gasteiger partial charge >= 0.3 is 0 Å². The van der Waals surface area contributed by atoms with E-state index in [2.05, 4.69) is 0 Å². The average Bonchev–Trinajstić information content (AvgIpc) is 3.37. The molecular formula is C30H36O11. The first kappa shape index (κ1) is 30.1. The highest BCUT2D eigenvalue weighted by molar-refractivity contribution is 5.58. The number of hydrogen-bond acceptors (Lipinski definition) is 11. The molecule has 0 saturated heterocycles. The van der Waals surface area contributed by atoms with Crippen LogP contribution in [0.3, 0.4) is 0 Å². The molecule has 0 saturated carbocycles. The highest BCUT2D eigenvalue weighted by Crippen LogP contribution is 2.52. The summed E-state index contributed by atoms with van der Waals surface area (Å²) in [6.45, 7) is -0.824. The van der Waals surface area contributed by atoms with Gasteiger partial charge in [0, 0.05) is 17.7 Å². The van der Waals surface area contributed by atoms with Crippen molar-refractivity contribution < 1.29 is 54.3 Å². The molecule has 3 aromatic rings. The Kier molecular flexibility index (Phi) is 9.66. The van der Waals surface area contributed by atoms with Gasteiger partial charge in [-0.05, 0) is 54.3 Å². The first-order chi connectivity index (χ1) is 19.8. The molecule has 0 fully saturated rings. The van der Waals surface area contributed by atoms with Crippen molar-refractivity contribution in [3.05, 3.63) is 64.7 Å². The molecule has 0 bridgehead atoms. The molecule has 41 heavy (non-hydrogen) atoms. The van der Waals surface area contributed by atoms with E-state index in [9.17, 15) is 30.6 Å². The van der Waals surface area contributed by atoms with Gasteiger partial charge in [-0.1, -0.05) is 12.1 Å². The number of methoxy groups -OCH3 is 3. The third-order valence-corrected chi connectivity index (χ3v) is 7.15. The third kappa shape index (κ3) is 6.08. The van der Waals surface area contributed by atoms with Crippen molar-refractivity contribution in [1.29, 1.82) is 0 Å². The lowest BCUT2D eigenvalue weighted by Crippen LogP contribution is -2.29. The molecule has 222 valence electrons. The van der Waals surface area contributed by atoms with Crippen molar-refractivity contribution in [2.24, 2.45) is 0 Å². The predicted molar refractivity (Wildman–Crippen MR) is 147 cm³/mol. The van der Waals surface area contributed by atoms with Crippen molar-refractivity contribution in [2.45, 2.75) is 37.1 Å². The molecule has 11 nitrogen and oxygen atoms in total. The number of aliphatic hydroxyl groups is 4. The Morgan fingerprint density at radius 2 is 1.54 bits per heavy atom. The molecule has 1 aliphatic heterocycles. The van der Waals surface area contributed by atoms with E-state index in [4.69, 9.17) is 23.7 Å². The smallest absolute Gasteiger partial charge is 0.204 e. The van der Waals surface area contributed by atoms with E-state index < -0.39 is 30.8 Å². The molecule has 0 spiro atoms. The normalized spacial score (nSPS) is 17.3. The fourth-order valence-corrected chi connectivity index (χ4v) is 5.03. The highest BCUT2D eigenvalue weighted by Gasteiger charge is 2.38. The SMILES string of the molecule is COc1ccc([C@@H](O)[C@H](CO)Oc2c(OC)cc([C@@H]3Oc4c(O)cc(CCCO)cc4[C@@H]3CO)cc2OC)cc1O. The molecule has 1 aliphatic rings. The van der Waals surface area contributed by atoms with Crippen LogP contribution >= 0.6 is 0 Å². The first-order valence-corrected chi connectivity index (χ1v) is 13.1. The zero-order valence-electron chi connectivity index (χ0n) is 23.1. The topological polar surface area (TPSA) is 168 Å². The zero-order chi connectivity index (χ0) is 29.7. The predicted octanol–water partition coefficient (Wildman–Crippen LogP) is 2.73. The summed E-state index contributed by atoms with van der Waals surface area (Å²) in [6, 6.07) is 11.1. The Balaban J connectivity index is 1.66. The standard InChI is InChI=1S/C30H36O11/c1-37-23-7-6-17(11-21(23)34)27(36)26(15-33)40-30-24(38-2)12-18(13-25(30)39-3)28-20(14-32)19-9-16(5-4-8-31)10-22(35)29(19)41-28/h6-7,9-13,20,26-28,31-36H,4-5,8,14-15H2,1-3H3/t20-,26-,27+,28-/m0/s1. The molecule has 0 aliphatic carbocycles. The van der Waals surface area contributed by atoms with Crippen LogP contribution in [0.25, 0.3) is 0 Å². The molecule has 3 aromatic carbocycles. The van der Waals surface area contributed by atoms with Crippen LogP contribution < -0.4 is 23.7 Å². The minimum absolute atomic E-state index is 0.0190. The molecular weight excluding hydrogens is 536 g/mol. The number of hydrogen-bond donors (Lipinski definition) is 6. The highest BCUT2D eigenvalue weighted by atomic mass is 16.6. The van der Waals surface area contributed by atoms with E-state index in [1.165, 1.54) is 33.5 Å². The van der Waals surface area contributed by atoms with Crippen molar-refractivity contribution in [1.82, 2.24) is 0 Å². The van der Waals surface area contributed by atoms with Crippen molar-refractivity contribution in [2.75, 3.05) is 41.2 Å². The van der Waals surface area contributed by atoms with Gasteiger partial charge in [0.1, 0.15) is 12.2 Å². The van der Waals surface area contributed by atoms with Gasteiger partial charge < -0.3 is 54.3 Å². The van der Waals surface area contributed by atoms with E-state index in [1.807, 2.05) is 6.07 Å². The summed E-state index contributed by atoms with van der Waals surface area (Å²) in [5.41, 5.74) is 2.32. The number of phenols is 2. The number of aliphatic hydroxyl groups excluding tert-OH is 4. The number of benzene rings is 3. The largest absolute Gasteiger partial charge is 0.504 e. The molecule has 1 heterocycles. The maximum absolute atomic E-state index is 10.9. The summed E-state index contributed by atoms with van der Waals surface area (Å²) in [5, 5.41) is 61.3. The second kappa shape index (κ2) is 13.2. The van der Waals surface area contributed by atoms with E-state index in [0.29, 0.717) is 24.0 Å². The van der Waals surface area contributed by atoms with E-state index in [-0.39, 0.29) is 59.0 Å². The molecule has 4 rings (SSSR count). The van der Waals surface area contributed by atoms with Gasteiger partial charge in [0.15, 0.2) is 40.6 Å². The Morgan fingerprint density at radius 1 is 0.854 bits per heavy atom. The summed E-state index contributed by atoms with van der Waals surface area (Å²) in [5.74, 6) is 0.293. The van der Waals surface area contributed by atoms with Gasteiger partial charge in [-0.25, -0.2) is 0 Å². The first-order valence-electron chi connectivity index (χ1n) is 13.1. The molecule has 11 heteroatoms. The van der Waals surface area contributed by atoms with E-state index in [0.717, 1.165) is 5.56 Å². The lowest BCUT2D eigenvalue weighted by Gasteiger charge is -2.26. The zero-order valence-corrected chi connectivity index (χ0v) is 23.1. The lowest BCUT2D eigenvalue weighted by atomic mass is 9.90. The van der Waals surface area contributed by atoms with Crippen molar-refractivity contribution in [3.63, 3.8) is 0 Å². The van der Waals surface area contributed by atoms with Crippen LogP contribution in [-0.2, 0) is 6.42 Å². The Morgan fingerprint density at radius 3 is 2.10 bits per heavy atom. The molecule has 0 aromatic heterocycles. The molecule has 0 amide bonds. The summed E-state index contributed by atoms with van der Waals surface area (Å²) in [4.78, 5) is 0. The summed E-state index contributed by atoms with van der Waals surface area (Å²) in [7, 11) is 4.25. The van der Waals surface area contributed by atoms with Crippen LogP contribution in [0.2, 0.25) is 0 Å². The minimum Gasteiger partial charge on any atom is -0.504 e. The number of rotatable bonds is 13. The second-order valence-corrected chi connectivity index (χ2v) is 9.66. The number of fused-ring (bicyclic) bond motifs is 1. The molecule has 4 atom stereocenters. The van der Waals surface area contributed by atoms with Gasteiger partial charge in [0.05, 0.1) is 40.5 Å². The van der Waals surface area contributed by atoms with Crippen molar-refractivity contribution >= 4 is 0 Å². The third-order valence-electron chi connectivity index (χ3n) is 7.15. The maximum atomic E-state index is 10.9. The maximum Gasteiger partial charge on any atom is 0.204 e. The van der Waals surface area contributed by atoms with Crippen LogP contribution in [0, 0.1) is 0 Å². The van der Waals surface area contributed by atoms with Gasteiger partial charge in [0.25, 0.3) is 0 Å². The summed E-state index contributed by atoms with van der Waals surface area (Å²) >= 11 is 0. The van der Waals surface area contributed by atoms with Gasteiger partial charge in [-0.15, -0.1) is 0 Å². The Labute approximate surface area is 237 Å². The van der Waals surface area contributed by atoms with Crippen LogP contribution in [0.15, 0.2) is 42.5 Å². The van der Waals surface area contributed by atoms with Crippen LogP contribution in [-0.4, -0.2) is 77.9 Å². The molecule has 0 radical (unpaired) electrons. The number of aromatic hydroxyl groups is 2. The Bertz CT molecular complexity index is 1320. The number of aryl methyl sites for hydroxylation is 1. The van der Waals surface area contributed by atoms with E-state index >= 15 is 0 Å². The van der Waals surface area contributed by atoms with E-state index in [1.54, 1.807) is 24.3 Å². The number of phenolic OH excluding ortho intramolecular Hbond substituents is 2. The van der Waals surface area contributed by atoms with Crippen LogP contribution in [0.5, 0.6) is 40.2 Å². The number of ether oxygens (including phenoxy) is 5. The average molecular weight is 573 g/mol. The molecule has 6 N–H and O–H groups in total. The van der Waals surface area contributed by atoms with Crippen LogP contribution in [0.4, 0.5) is 0 Å². The summed E-state index contributed by atoms with van der Waals surface area (Å²) < 4.78 is 28.4. The molecule has 0 unspecified atom stereocenters. The fraction of sp³-hybridized carbons (Fsp3) is 0.400. The lowest BCUT2D eigenvalue weighted by molar-refractivity contribution is -0.00180. The quantitative estimate of drug-likeness (QED) is 0.178. The Hall–Kier alpha value is -3.90. The minimum atomic E-state index is -1.33. The van der Waals surface area contributed by atoms with Gasteiger partial charge in [-0.3, -0.25) is 0 Å². The monoisotopic (exact) mass is 572 g/mol. The van der Waals surface area contributed by atoms with Gasteiger partial charge in [-0.2, -0.15) is 0 Å². The second-order valence-electron chi connectivity index (χ2n) is 9.66. The van der Waals surface area contributed by atoms with Crippen molar-refractivity contribution in [3.8, 4) is 40.2 Å². The van der Waals surface area contributed by atoms with Gasteiger partial charge in [0.2, 0.25) is 5.75 Å².